The Hall–Kier alpha value is -11.5. The Kier molecular flexibility index (Phi) is 13.6. The van der Waals surface area contributed by atoms with Gasteiger partial charge in [-0.3, -0.25) is 0 Å². The molecule has 0 atom stereocenters. The quantitative estimate of drug-likeness (QED) is 0.133. The fraction of sp³-hybridized carbons (Fsp3) is 0.200. The lowest BCUT2D eigenvalue weighted by Crippen LogP contribution is -2.61. The third-order valence-corrected chi connectivity index (χ3v) is 23.4. The minimum absolute atomic E-state index is 0.178. The van der Waals surface area contributed by atoms with Crippen LogP contribution in [0.4, 0.5) is 34.1 Å². The highest BCUT2D eigenvalue weighted by molar-refractivity contribution is 7.00. The molecule has 1 aromatic heterocycles. The molecule has 1 aliphatic carbocycles. The highest BCUT2D eigenvalue weighted by atomic mass is 15.2. The molecule has 0 unspecified atom stereocenters. The van der Waals surface area contributed by atoms with Gasteiger partial charge in [0.1, 0.15) is 0 Å². The zero-order valence-electron chi connectivity index (χ0n) is 75.1. The van der Waals surface area contributed by atoms with Gasteiger partial charge in [-0.15, -0.1) is 0 Å². The molecule has 534 valence electrons. The molecule has 0 fully saturated rings. The molecule has 3 nitrogen and oxygen atoms in total. The minimum Gasteiger partial charge on any atom is -0.311 e. The summed E-state index contributed by atoms with van der Waals surface area (Å²) < 4.78 is 99.4. The van der Waals surface area contributed by atoms with Gasteiger partial charge in [-0.2, -0.15) is 0 Å². The molecule has 3 heterocycles. The van der Waals surface area contributed by atoms with Crippen LogP contribution in [0.5, 0.6) is 0 Å². The summed E-state index contributed by atoms with van der Waals surface area (Å²) >= 11 is 0. The second-order valence-electron chi connectivity index (χ2n) is 35.4. The largest absolute Gasteiger partial charge is 0.311 e. The third-order valence-electron chi connectivity index (χ3n) is 23.4. The first-order chi connectivity index (χ1) is 56.4. The molecule has 0 N–H and O–H groups in total. The van der Waals surface area contributed by atoms with E-state index < -0.39 is 78.0 Å². The summed E-state index contributed by atoms with van der Waals surface area (Å²) in [5, 5.41) is 2.31. The minimum atomic E-state index is -2.14. The van der Waals surface area contributed by atoms with Crippen molar-refractivity contribution in [3.63, 3.8) is 0 Å². The van der Waals surface area contributed by atoms with Crippen LogP contribution < -0.4 is 26.2 Å². The molecule has 18 rings (SSSR count). The number of hydrogen-bond donors (Lipinski definition) is 0. The van der Waals surface area contributed by atoms with Crippen LogP contribution in [0, 0.1) is 0 Å². The molecule has 4 heteroatoms. The summed E-state index contributed by atoms with van der Waals surface area (Å²) in [4.78, 5) is 5.13. The van der Waals surface area contributed by atoms with Gasteiger partial charge in [-0.1, -0.05) is 346 Å². The van der Waals surface area contributed by atoms with E-state index in [1.807, 2.05) is 42.5 Å². The van der Waals surface area contributed by atoms with E-state index in [-0.39, 0.29) is 32.8 Å². The maximum absolute atomic E-state index is 10.2. The van der Waals surface area contributed by atoms with Crippen LogP contribution in [0.1, 0.15) is 168 Å². The summed E-state index contributed by atoms with van der Waals surface area (Å²) in [5.74, 6) is 0. The van der Waals surface area contributed by atoms with Crippen molar-refractivity contribution in [2.75, 3.05) is 9.80 Å². The Morgan fingerprint density at radius 2 is 0.752 bits per heavy atom. The van der Waals surface area contributed by atoms with Crippen molar-refractivity contribution in [2.24, 2.45) is 0 Å². The number of fused-ring (bicyclic) bond motifs is 10. The predicted molar refractivity (Wildman–Crippen MR) is 467 cm³/mol. The third kappa shape index (κ3) is 11.3. The van der Waals surface area contributed by atoms with Gasteiger partial charge in [-0.25, -0.2) is 0 Å². The smallest absolute Gasteiger partial charge is 0.252 e. The number of anilines is 6. The lowest BCUT2D eigenvalue weighted by Gasteiger charge is -2.46. The summed E-state index contributed by atoms with van der Waals surface area (Å²) in [6, 6.07) is 84.4. The van der Waals surface area contributed by atoms with E-state index in [9.17, 15) is 11.0 Å². The van der Waals surface area contributed by atoms with Gasteiger partial charge in [0, 0.05) is 55.9 Å². The van der Waals surface area contributed by atoms with Crippen molar-refractivity contribution < 1.29 is 13.7 Å². The van der Waals surface area contributed by atoms with E-state index in [0.717, 1.165) is 123 Å². The Morgan fingerprint density at radius 3 is 1.29 bits per heavy atom. The van der Waals surface area contributed by atoms with Gasteiger partial charge in [0.2, 0.25) is 0 Å². The zero-order valence-corrected chi connectivity index (χ0v) is 65.1. The molecule has 14 aromatic carbocycles. The number of rotatable bonds is 9. The van der Waals surface area contributed by atoms with E-state index in [4.69, 9.17) is 2.74 Å². The molecule has 2 aliphatic heterocycles. The molecular weight excluding hydrogens is 1310 g/mol. The van der Waals surface area contributed by atoms with Crippen LogP contribution in [-0.2, 0) is 32.5 Å². The fourth-order valence-electron chi connectivity index (χ4n) is 17.6. The van der Waals surface area contributed by atoms with Gasteiger partial charge in [-0.05, 0) is 199 Å². The molecule has 0 saturated carbocycles. The van der Waals surface area contributed by atoms with E-state index >= 15 is 0 Å². The van der Waals surface area contributed by atoms with Crippen molar-refractivity contribution in [1.29, 1.82) is 0 Å². The second kappa shape index (κ2) is 25.3. The van der Waals surface area contributed by atoms with Crippen LogP contribution in [0.2, 0.25) is 0 Å². The predicted octanol–water partition coefficient (Wildman–Crippen LogP) is 26.4. The van der Waals surface area contributed by atoms with Gasteiger partial charge < -0.3 is 14.4 Å². The monoisotopic (exact) mass is 1420 g/mol. The lowest BCUT2D eigenvalue weighted by atomic mass is 9.33. The molecule has 15 aromatic rings. The molecule has 109 heavy (non-hydrogen) atoms. The van der Waals surface area contributed by atoms with Crippen LogP contribution in [0.15, 0.2) is 309 Å². The highest BCUT2D eigenvalue weighted by Gasteiger charge is 2.50. The fourth-order valence-corrected chi connectivity index (χ4v) is 17.6. The Morgan fingerprint density at radius 1 is 0.303 bits per heavy atom. The number of hydrogen-bond acceptors (Lipinski definition) is 2. The van der Waals surface area contributed by atoms with Crippen molar-refractivity contribution in [2.45, 2.75) is 136 Å². The lowest BCUT2D eigenvalue weighted by molar-refractivity contribution is 0.590. The van der Waals surface area contributed by atoms with E-state index in [0.29, 0.717) is 33.4 Å². The number of aromatic nitrogens is 1. The van der Waals surface area contributed by atoms with Gasteiger partial charge in [0.25, 0.3) is 6.71 Å². The van der Waals surface area contributed by atoms with Crippen LogP contribution >= 0.6 is 0 Å². The Bertz CT molecular complexity index is 6510. The number of benzene rings is 14. The summed E-state index contributed by atoms with van der Waals surface area (Å²) in [5.41, 5.74) is 23.5. The average molecular weight is 1420 g/mol. The van der Waals surface area contributed by atoms with Crippen molar-refractivity contribution in [3.8, 4) is 61.3 Å². The molecule has 0 amide bonds. The normalized spacial score (nSPS) is 15.1. The molecule has 0 bridgehead atoms. The molecule has 0 spiro atoms. The van der Waals surface area contributed by atoms with E-state index in [2.05, 4.69) is 324 Å². The Balaban J connectivity index is 1.04. The standard InChI is InChI=1S/C105H96BN3/c1-100(2,3)73-51-57-90(84(59-73)67-34-21-16-22-35-67)108-94-66-78(107-92-62-74(101(4,5)6)49-53-81(92)82-54-50-75(63-93(82)107)102(7,8)9)52-55-88(94)106-89-58-70(79-45-33-46-83-80-44-31-32-47-87(80)105(97(79)83,71-40-27-19-28-41-71)72-42-29-20-30-43-72)48-56-91(89)109(96-65-77(104(13,14)15)64-95(108)98(96)106)99-85(68-36-23-17-24-37-68)60-76(103(10,11)12)61-86(99)69-38-25-18-26-39-69/h16-66H,1-15H3/i19D,20D,27D,28D,29D,30D,40D,41D,42D,43D. The first kappa shape index (κ1) is 58.6. The first-order valence-electron chi connectivity index (χ1n) is 43.4. The maximum Gasteiger partial charge on any atom is 0.252 e. The Labute approximate surface area is 660 Å². The molecule has 0 radical (unpaired) electrons. The zero-order chi connectivity index (χ0) is 84.1. The van der Waals surface area contributed by atoms with Gasteiger partial charge >= 0.3 is 0 Å². The maximum atomic E-state index is 10.2. The highest BCUT2D eigenvalue weighted by Crippen LogP contribution is 2.60. The first-order valence-corrected chi connectivity index (χ1v) is 38.4. The molecular formula is C105H96BN3. The van der Waals surface area contributed by atoms with Crippen molar-refractivity contribution in [3.05, 3.63) is 359 Å². The number of nitrogens with zero attached hydrogens (tertiary/aromatic N) is 3. The van der Waals surface area contributed by atoms with Crippen molar-refractivity contribution in [1.82, 2.24) is 4.57 Å². The van der Waals surface area contributed by atoms with Gasteiger partial charge in [0.15, 0.2) is 0 Å². The van der Waals surface area contributed by atoms with E-state index in [1.165, 1.54) is 16.7 Å². The summed E-state index contributed by atoms with van der Waals surface area (Å²) in [6.45, 7) is 33.8. The SMILES string of the molecule is [2H]c1c([2H])c([2H])c(C2(c3c([2H])c([2H])c([2H])c([2H])c3[2H])c3ccccc3-c3cccc(-c4ccc5c(c4)B4c6ccc(-n7c8cc(C(C)(C)C)ccc8c8ccc(C(C)(C)C)cc87)cc6N(c6ccc(C(C)(C)C)cc6-c6ccccc6)c6cc(C(C)(C)C)cc(c64)N5c4c(-c5ccccc5)cc(C(C)(C)C)cc4-c4ccccc4)c32)c([2H])c1[2H]. The average Bonchev–Trinajstić information content (AvgIpc) is 1.61. The molecule has 3 aliphatic rings. The van der Waals surface area contributed by atoms with Crippen molar-refractivity contribution >= 4 is 79.0 Å². The summed E-state index contributed by atoms with van der Waals surface area (Å²) in [6.07, 6.45) is 0. The van der Waals surface area contributed by atoms with Crippen LogP contribution in [0.25, 0.3) is 83.1 Å². The second-order valence-corrected chi connectivity index (χ2v) is 35.4. The van der Waals surface area contributed by atoms with Gasteiger partial charge in [0.05, 0.1) is 41.5 Å². The van der Waals surface area contributed by atoms with Crippen LogP contribution in [0.3, 0.4) is 0 Å². The van der Waals surface area contributed by atoms with Crippen LogP contribution in [-0.4, -0.2) is 11.3 Å². The summed E-state index contributed by atoms with van der Waals surface area (Å²) in [7, 11) is 0. The topological polar surface area (TPSA) is 11.4 Å². The van der Waals surface area contributed by atoms with E-state index in [1.54, 1.807) is 0 Å². The molecule has 0 saturated heterocycles.